The first-order valence-corrected chi connectivity index (χ1v) is 8.11. The highest BCUT2D eigenvalue weighted by atomic mass is 16.2. The van der Waals surface area contributed by atoms with Crippen molar-refractivity contribution in [2.45, 2.75) is 39.4 Å². The van der Waals surface area contributed by atoms with Gasteiger partial charge in [-0.05, 0) is 17.9 Å². The van der Waals surface area contributed by atoms with Crippen LogP contribution in [0, 0.1) is 5.92 Å². The molecule has 7 nitrogen and oxygen atoms in total. The van der Waals surface area contributed by atoms with E-state index < -0.39 is 5.91 Å². The van der Waals surface area contributed by atoms with Gasteiger partial charge in [-0.15, -0.1) is 5.10 Å². The van der Waals surface area contributed by atoms with Crippen molar-refractivity contribution >= 4 is 11.8 Å². The van der Waals surface area contributed by atoms with Crippen molar-refractivity contribution in [3.8, 4) is 0 Å². The molecule has 0 spiro atoms. The second-order valence-electron chi connectivity index (χ2n) is 6.44. The molecule has 126 valence electrons. The van der Waals surface area contributed by atoms with Gasteiger partial charge in [0.2, 0.25) is 0 Å². The second kappa shape index (κ2) is 6.82. The van der Waals surface area contributed by atoms with Crippen molar-refractivity contribution in [3.63, 3.8) is 0 Å². The van der Waals surface area contributed by atoms with Crippen LogP contribution in [0.25, 0.3) is 0 Å². The average Bonchev–Trinajstić information content (AvgIpc) is 2.97. The molecule has 7 heteroatoms. The molecular weight excluding hydrogens is 306 g/mol. The molecule has 0 bridgehead atoms. The Hall–Kier alpha value is -2.70. The summed E-state index contributed by atoms with van der Waals surface area (Å²) in [7, 11) is 0. The average molecular weight is 327 g/mol. The summed E-state index contributed by atoms with van der Waals surface area (Å²) < 4.78 is 1.53. The number of rotatable bonds is 5. The van der Waals surface area contributed by atoms with E-state index in [-0.39, 0.29) is 23.3 Å². The van der Waals surface area contributed by atoms with Gasteiger partial charge in [0.1, 0.15) is 0 Å². The molecule has 1 aliphatic rings. The van der Waals surface area contributed by atoms with Crippen LogP contribution in [-0.2, 0) is 13.1 Å². The zero-order valence-electron chi connectivity index (χ0n) is 13.8. The standard InChI is InChI=1S/C17H21N5O2/c1-11(2)8-13-10-22-15(17(24)19-13)14(20-21-22)16(23)18-9-12-6-4-3-5-7-12/h3-7,11,13H,8-10H2,1-2H3,(H,18,23)(H,19,24)/t13-/m0/s1. The highest BCUT2D eigenvalue weighted by molar-refractivity contribution is 6.05. The van der Waals surface area contributed by atoms with Crippen molar-refractivity contribution in [1.29, 1.82) is 0 Å². The van der Waals surface area contributed by atoms with E-state index in [9.17, 15) is 9.59 Å². The fourth-order valence-electron chi connectivity index (χ4n) is 2.89. The lowest BCUT2D eigenvalue weighted by molar-refractivity contribution is 0.0870. The lowest BCUT2D eigenvalue weighted by atomic mass is 10.0. The lowest BCUT2D eigenvalue weighted by Gasteiger charge is -2.25. The molecule has 24 heavy (non-hydrogen) atoms. The first-order chi connectivity index (χ1) is 11.5. The molecule has 3 rings (SSSR count). The van der Waals surface area contributed by atoms with Gasteiger partial charge in [0.05, 0.1) is 6.54 Å². The van der Waals surface area contributed by atoms with Gasteiger partial charge in [0.15, 0.2) is 11.4 Å². The van der Waals surface area contributed by atoms with Gasteiger partial charge in [0, 0.05) is 12.6 Å². The number of nitrogens with one attached hydrogen (secondary N) is 2. The Balaban J connectivity index is 1.71. The van der Waals surface area contributed by atoms with E-state index in [2.05, 4.69) is 34.8 Å². The lowest BCUT2D eigenvalue weighted by Crippen LogP contribution is -2.46. The molecule has 2 N–H and O–H groups in total. The zero-order chi connectivity index (χ0) is 17.1. The number of hydrogen-bond donors (Lipinski definition) is 2. The minimum absolute atomic E-state index is 0.0203. The van der Waals surface area contributed by atoms with Gasteiger partial charge in [0.25, 0.3) is 11.8 Å². The number of aromatic nitrogens is 3. The monoisotopic (exact) mass is 327 g/mol. The second-order valence-corrected chi connectivity index (χ2v) is 6.44. The van der Waals surface area contributed by atoms with Crippen molar-refractivity contribution in [3.05, 3.63) is 47.3 Å². The summed E-state index contributed by atoms with van der Waals surface area (Å²) in [5.41, 5.74) is 1.29. The van der Waals surface area contributed by atoms with Crippen LogP contribution < -0.4 is 10.6 Å². The van der Waals surface area contributed by atoms with Gasteiger partial charge >= 0.3 is 0 Å². The molecule has 2 amide bonds. The molecule has 1 atom stereocenters. The summed E-state index contributed by atoms with van der Waals surface area (Å²) in [5.74, 6) is -0.215. The van der Waals surface area contributed by atoms with E-state index in [1.54, 1.807) is 0 Å². The Morgan fingerprint density at radius 1 is 1.38 bits per heavy atom. The minimum Gasteiger partial charge on any atom is -0.346 e. The number of carbonyl (C=O) groups is 2. The largest absolute Gasteiger partial charge is 0.346 e. The molecule has 0 aliphatic carbocycles. The fourth-order valence-corrected chi connectivity index (χ4v) is 2.89. The molecule has 1 aromatic carbocycles. The Kier molecular flexibility index (Phi) is 4.59. The van der Waals surface area contributed by atoms with E-state index in [0.717, 1.165) is 12.0 Å². The smallest absolute Gasteiger partial charge is 0.274 e. The predicted molar refractivity (Wildman–Crippen MR) is 88.3 cm³/mol. The molecule has 2 aromatic rings. The third-order valence-corrected chi connectivity index (χ3v) is 3.95. The van der Waals surface area contributed by atoms with E-state index >= 15 is 0 Å². The summed E-state index contributed by atoms with van der Waals surface area (Å²) in [6.45, 7) is 5.12. The quantitative estimate of drug-likeness (QED) is 0.868. The van der Waals surface area contributed by atoms with Gasteiger partial charge in [-0.25, -0.2) is 4.68 Å². The van der Waals surface area contributed by atoms with Crippen LogP contribution in [0.4, 0.5) is 0 Å². The number of hydrogen-bond acceptors (Lipinski definition) is 4. The van der Waals surface area contributed by atoms with Crippen LogP contribution >= 0.6 is 0 Å². The van der Waals surface area contributed by atoms with Crippen LogP contribution in [0.5, 0.6) is 0 Å². The van der Waals surface area contributed by atoms with Crippen LogP contribution in [-0.4, -0.2) is 32.9 Å². The third-order valence-electron chi connectivity index (χ3n) is 3.95. The Morgan fingerprint density at radius 3 is 2.83 bits per heavy atom. The number of benzene rings is 1. The van der Waals surface area contributed by atoms with Crippen LogP contribution in [0.15, 0.2) is 30.3 Å². The molecule has 0 saturated carbocycles. The maximum atomic E-state index is 12.3. The zero-order valence-corrected chi connectivity index (χ0v) is 13.8. The van der Waals surface area contributed by atoms with Gasteiger partial charge < -0.3 is 10.6 Å². The van der Waals surface area contributed by atoms with Crippen molar-refractivity contribution in [1.82, 2.24) is 25.6 Å². The van der Waals surface area contributed by atoms with Gasteiger partial charge in [-0.2, -0.15) is 0 Å². The Labute approximate surface area is 140 Å². The first kappa shape index (κ1) is 16.2. The summed E-state index contributed by atoms with van der Waals surface area (Å²) >= 11 is 0. The predicted octanol–water partition coefficient (Wildman–Crippen LogP) is 1.37. The van der Waals surface area contributed by atoms with Crippen molar-refractivity contribution < 1.29 is 9.59 Å². The third kappa shape index (κ3) is 3.45. The molecule has 0 unspecified atom stereocenters. The van der Waals surface area contributed by atoms with E-state index in [1.165, 1.54) is 4.68 Å². The highest BCUT2D eigenvalue weighted by Gasteiger charge is 2.32. The number of carbonyl (C=O) groups excluding carboxylic acids is 2. The van der Waals surface area contributed by atoms with Crippen LogP contribution in [0.2, 0.25) is 0 Å². The topological polar surface area (TPSA) is 88.9 Å². The Morgan fingerprint density at radius 2 is 2.12 bits per heavy atom. The number of fused-ring (bicyclic) bond motifs is 1. The molecular formula is C17H21N5O2. The van der Waals surface area contributed by atoms with Crippen LogP contribution in [0.1, 0.15) is 46.8 Å². The summed E-state index contributed by atoms with van der Waals surface area (Å²) in [4.78, 5) is 24.7. The van der Waals surface area contributed by atoms with Gasteiger partial charge in [-0.1, -0.05) is 49.4 Å². The van der Waals surface area contributed by atoms with Gasteiger partial charge in [-0.3, -0.25) is 9.59 Å². The number of amides is 2. The Bertz CT molecular complexity index is 739. The minimum atomic E-state index is -0.391. The molecule has 0 radical (unpaired) electrons. The number of nitrogens with zero attached hydrogens (tertiary/aromatic N) is 3. The molecule has 0 fully saturated rings. The molecule has 0 saturated heterocycles. The van der Waals surface area contributed by atoms with Crippen molar-refractivity contribution in [2.24, 2.45) is 5.92 Å². The SMILES string of the molecule is CC(C)C[C@H]1Cn2nnc(C(=O)NCc3ccccc3)c2C(=O)N1. The van der Waals surface area contributed by atoms with E-state index in [0.29, 0.717) is 19.0 Å². The maximum absolute atomic E-state index is 12.3. The first-order valence-electron chi connectivity index (χ1n) is 8.11. The van der Waals surface area contributed by atoms with E-state index in [4.69, 9.17) is 0 Å². The summed E-state index contributed by atoms with van der Waals surface area (Å²) in [5, 5.41) is 13.6. The highest BCUT2D eigenvalue weighted by Crippen LogP contribution is 2.16. The molecule has 1 aromatic heterocycles. The molecule has 1 aliphatic heterocycles. The van der Waals surface area contributed by atoms with E-state index in [1.807, 2.05) is 30.3 Å². The summed E-state index contributed by atoms with van der Waals surface area (Å²) in [6.07, 6.45) is 0.862. The normalized spacial score (nSPS) is 16.6. The molecule has 2 heterocycles. The fraction of sp³-hybridized carbons (Fsp3) is 0.412. The summed E-state index contributed by atoms with van der Waals surface area (Å²) in [6, 6.07) is 9.59. The van der Waals surface area contributed by atoms with Crippen LogP contribution in [0.3, 0.4) is 0 Å². The van der Waals surface area contributed by atoms with Crippen molar-refractivity contribution in [2.75, 3.05) is 0 Å². The maximum Gasteiger partial charge on any atom is 0.274 e.